The lowest BCUT2D eigenvalue weighted by Crippen LogP contribution is -2.32. The Kier molecular flexibility index (Phi) is 4.27. The van der Waals surface area contributed by atoms with Gasteiger partial charge in [-0.2, -0.15) is 0 Å². The number of ether oxygens (including phenoxy) is 2. The Bertz CT molecular complexity index is 456. The third-order valence-corrected chi connectivity index (χ3v) is 3.41. The Morgan fingerprint density at radius 3 is 3.00 bits per heavy atom. The predicted molar refractivity (Wildman–Crippen MR) is 74.4 cm³/mol. The zero-order valence-corrected chi connectivity index (χ0v) is 11.4. The third kappa shape index (κ3) is 2.81. The van der Waals surface area contributed by atoms with Crippen molar-refractivity contribution in [3.05, 3.63) is 23.8 Å². The van der Waals surface area contributed by atoms with E-state index in [9.17, 15) is 4.79 Å². The molecule has 0 aromatic heterocycles. The summed E-state index contributed by atoms with van der Waals surface area (Å²) in [6.07, 6.45) is 0.972. The van der Waals surface area contributed by atoms with Gasteiger partial charge in [-0.3, -0.25) is 0 Å². The fourth-order valence-electron chi connectivity index (χ4n) is 2.27. The van der Waals surface area contributed by atoms with Crippen molar-refractivity contribution in [1.29, 1.82) is 0 Å². The van der Waals surface area contributed by atoms with Crippen LogP contribution in [0.1, 0.15) is 23.7 Å². The van der Waals surface area contributed by atoms with Crippen LogP contribution in [0.2, 0.25) is 0 Å². The number of nitrogen functional groups attached to an aromatic ring is 1. The van der Waals surface area contributed by atoms with Crippen molar-refractivity contribution in [3.8, 4) is 0 Å². The maximum atomic E-state index is 11.8. The Labute approximate surface area is 113 Å². The molecule has 5 heteroatoms. The maximum absolute atomic E-state index is 11.8. The van der Waals surface area contributed by atoms with Crippen LogP contribution in [0.4, 0.5) is 11.4 Å². The highest BCUT2D eigenvalue weighted by Gasteiger charge is 2.23. The number of para-hydroxylation sites is 1. The second-order valence-electron chi connectivity index (χ2n) is 4.59. The van der Waals surface area contributed by atoms with Crippen LogP contribution in [0, 0.1) is 0 Å². The van der Waals surface area contributed by atoms with Crippen LogP contribution >= 0.6 is 0 Å². The molecule has 1 unspecified atom stereocenters. The second kappa shape index (κ2) is 5.93. The van der Waals surface area contributed by atoms with Crippen LogP contribution in [0.25, 0.3) is 0 Å². The summed E-state index contributed by atoms with van der Waals surface area (Å²) in [6.45, 7) is 3.58. The fraction of sp³-hybridized carbons (Fsp3) is 0.500. The van der Waals surface area contributed by atoms with Gasteiger partial charge in [0.2, 0.25) is 0 Å². The van der Waals surface area contributed by atoms with E-state index >= 15 is 0 Å². The first kappa shape index (κ1) is 13.7. The molecule has 104 valence electrons. The molecule has 1 saturated heterocycles. The number of likely N-dealkylation sites (N-methyl/N-ethyl adjacent to an activating group) is 1. The molecule has 1 fully saturated rings. The molecular formula is C14H20N2O3. The van der Waals surface area contributed by atoms with Gasteiger partial charge in [0.15, 0.2) is 0 Å². The number of esters is 1. The monoisotopic (exact) mass is 264 g/mol. The van der Waals surface area contributed by atoms with Crippen molar-refractivity contribution in [2.45, 2.75) is 19.4 Å². The van der Waals surface area contributed by atoms with Gasteiger partial charge < -0.3 is 20.1 Å². The molecule has 0 amide bonds. The van der Waals surface area contributed by atoms with Crippen LogP contribution in [0.5, 0.6) is 0 Å². The van der Waals surface area contributed by atoms with Crippen molar-refractivity contribution in [2.75, 3.05) is 37.5 Å². The van der Waals surface area contributed by atoms with E-state index < -0.39 is 0 Å². The Morgan fingerprint density at radius 1 is 1.58 bits per heavy atom. The number of nitrogens with two attached hydrogens (primary N) is 1. The maximum Gasteiger partial charge on any atom is 0.340 e. The predicted octanol–water partition coefficient (Wildman–Crippen LogP) is 1.67. The van der Waals surface area contributed by atoms with E-state index in [4.69, 9.17) is 15.2 Å². The van der Waals surface area contributed by atoms with E-state index in [0.29, 0.717) is 30.5 Å². The van der Waals surface area contributed by atoms with Gasteiger partial charge in [-0.25, -0.2) is 4.79 Å². The van der Waals surface area contributed by atoms with Crippen LogP contribution in [-0.2, 0) is 9.47 Å². The summed E-state index contributed by atoms with van der Waals surface area (Å²) in [5.74, 6) is -0.377. The van der Waals surface area contributed by atoms with E-state index in [1.54, 1.807) is 13.0 Å². The molecule has 0 bridgehead atoms. The highest BCUT2D eigenvalue weighted by Crippen LogP contribution is 2.29. The molecular weight excluding hydrogens is 244 g/mol. The summed E-state index contributed by atoms with van der Waals surface area (Å²) >= 11 is 0. The normalized spacial score (nSPS) is 18.3. The minimum Gasteiger partial charge on any atom is -0.462 e. The molecule has 0 radical (unpaired) electrons. The lowest BCUT2D eigenvalue weighted by molar-refractivity contribution is 0.0527. The van der Waals surface area contributed by atoms with Gasteiger partial charge in [-0.1, -0.05) is 6.07 Å². The van der Waals surface area contributed by atoms with Crippen molar-refractivity contribution >= 4 is 17.3 Å². The highest BCUT2D eigenvalue weighted by atomic mass is 16.5. The minimum absolute atomic E-state index is 0.305. The molecule has 2 N–H and O–H groups in total. The summed E-state index contributed by atoms with van der Waals surface area (Å²) in [7, 11) is 1.97. The number of anilines is 2. The first-order valence-corrected chi connectivity index (χ1v) is 6.51. The number of nitrogens with zero attached hydrogens (tertiary/aromatic N) is 1. The lowest BCUT2D eigenvalue weighted by Gasteiger charge is -2.27. The van der Waals surface area contributed by atoms with Crippen molar-refractivity contribution in [1.82, 2.24) is 0 Å². The van der Waals surface area contributed by atoms with Gasteiger partial charge in [0.25, 0.3) is 0 Å². The first-order chi connectivity index (χ1) is 9.15. The van der Waals surface area contributed by atoms with Gasteiger partial charge in [0, 0.05) is 13.7 Å². The van der Waals surface area contributed by atoms with Crippen LogP contribution in [0.3, 0.4) is 0 Å². The molecule has 1 aromatic carbocycles. The Balaban J connectivity index is 2.25. The average Bonchev–Trinajstić information content (AvgIpc) is 2.92. The zero-order chi connectivity index (χ0) is 13.8. The quantitative estimate of drug-likeness (QED) is 0.662. The summed E-state index contributed by atoms with van der Waals surface area (Å²) < 4.78 is 10.4. The molecule has 1 aromatic rings. The number of hydrogen-bond donors (Lipinski definition) is 1. The Morgan fingerprint density at radius 2 is 2.37 bits per heavy atom. The van der Waals surface area contributed by atoms with Crippen molar-refractivity contribution in [2.24, 2.45) is 0 Å². The average molecular weight is 264 g/mol. The van der Waals surface area contributed by atoms with E-state index in [2.05, 4.69) is 4.90 Å². The second-order valence-corrected chi connectivity index (χ2v) is 4.59. The summed E-state index contributed by atoms with van der Waals surface area (Å²) in [6, 6.07) is 5.73. The van der Waals surface area contributed by atoms with E-state index in [1.807, 2.05) is 19.2 Å². The molecule has 1 atom stereocenters. The number of carbonyl (C=O) groups is 1. The van der Waals surface area contributed by atoms with Crippen molar-refractivity contribution < 1.29 is 14.3 Å². The molecule has 0 aliphatic carbocycles. The molecule has 5 nitrogen and oxygen atoms in total. The molecule has 19 heavy (non-hydrogen) atoms. The van der Waals surface area contributed by atoms with Gasteiger partial charge in [-0.15, -0.1) is 0 Å². The zero-order valence-electron chi connectivity index (χ0n) is 11.4. The standard InChI is InChI=1S/C14H20N2O3/c1-3-19-14(17)11-5-4-6-12(13(11)15)16(2)10-7-8-18-9-10/h4-6,10H,3,7-9,15H2,1-2H3. The number of hydrogen-bond acceptors (Lipinski definition) is 5. The van der Waals surface area contributed by atoms with Crippen LogP contribution in [0.15, 0.2) is 18.2 Å². The summed E-state index contributed by atoms with van der Waals surface area (Å²) in [5, 5.41) is 0. The SMILES string of the molecule is CCOC(=O)c1cccc(N(C)C2CCOC2)c1N. The van der Waals surface area contributed by atoms with E-state index in [0.717, 1.165) is 18.7 Å². The molecule has 2 rings (SSSR count). The summed E-state index contributed by atoms with van der Waals surface area (Å²) in [4.78, 5) is 13.9. The third-order valence-electron chi connectivity index (χ3n) is 3.41. The fourth-order valence-corrected chi connectivity index (χ4v) is 2.27. The van der Waals surface area contributed by atoms with Crippen LogP contribution in [-0.4, -0.2) is 38.9 Å². The topological polar surface area (TPSA) is 64.8 Å². The molecule has 1 aliphatic heterocycles. The van der Waals surface area contributed by atoms with Gasteiger partial charge in [0.1, 0.15) is 0 Å². The molecule has 0 saturated carbocycles. The number of carbonyl (C=O) groups excluding carboxylic acids is 1. The largest absolute Gasteiger partial charge is 0.462 e. The number of rotatable bonds is 4. The number of benzene rings is 1. The minimum atomic E-state index is -0.377. The van der Waals surface area contributed by atoms with Gasteiger partial charge >= 0.3 is 5.97 Å². The molecule has 1 heterocycles. The smallest absolute Gasteiger partial charge is 0.340 e. The van der Waals surface area contributed by atoms with Crippen molar-refractivity contribution in [3.63, 3.8) is 0 Å². The van der Waals surface area contributed by atoms with Gasteiger partial charge in [-0.05, 0) is 25.5 Å². The highest BCUT2D eigenvalue weighted by molar-refractivity contribution is 5.98. The summed E-state index contributed by atoms with van der Waals surface area (Å²) in [5.41, 5.74) is 7.84. The molecule has 1 aliphatic rings. The first-order valence-electron chi connectivity index (χ1n) is 6.51. The van der Waals surface area contributed by atoms with Crippen LogP contribution < -0.4 is 10.6 Å². The lowest BCUT2D eigenvalue weighted by atomic mass is 10.1. The van der Waals surface area contributed by atoms with E-state index in [-0.39, 0.29) is 5.97 Å². The van der Waals surface area contributed by atoms with E-state index in [1.165, 1.54) is 0 Å². The molecule has 0 spiro atoms. The Hall–Kier alpha value is -1.75. The van der Waals surface area contributed by atoms with Gasteiger partial charge in [0.05, 0.1) is 36.2 Å².